The highest BCUT2D eigenvalue weighted by Gasteiger charge is 2.42. The number of aromatic nitrogens is 2. The number of hydrogen-bond acceptors (Lipinski definition) is 4. The van der Waals surface area contributed by atoms with Crippen LogP contribution in [0.5, 0.6) is 0 Å². The molecule has 8 heteroatoms. The molecular weight excluding hydrogens is 663 g/mol. The monoisotopic (exact) mass is 700 g/mol. The Balaban J connectivity index is 1.13. The fraction of sp³-hybridized carbons (Fsp3) is 0.238. The number of rotatable bonds is 7. The maximum absolute atomic E-state index is 14.1. The summed E-state index contributed by atoms with van der Waals surface area (Å²) in [7, 11) is 0. The van der Waals surface area contributed by atoms with Gasteiger partial charge in [-0.05, 0) is 66.5 Å². The number of nitrogens with one attached hydrogen (secondary N) is 2. The van der Waals surface area contributed by atoms with E-state index >= 15 is 0 Å². The van der Waals surface area contributed by atoms with Crippen LogP contribution in [0.25, 0.3) is 44.3 Å². The van der Waals surface area contributed by atoms with Gasteiger partial charge < -0.3 is 10.6 Å². The summed E-state index contributed by atoms with van der Waals surface area (Å²) in [4.78, 5) is 37.7. The molecule has 1 aliphatic rings. The van der Waals surface area contributed by atoms with E-state index in [1.54, 1.807) is 0 Å². The summed E-state index contributed by atoms with van der Waals surface area (Å²) in [5.74, 6) is -0.321. The van der Waals surface area contributed by atoms with Gasteiger partial charge in [0.1, 0.15) is 0 Å². The zero-order valence-corrected chi connectivity index (χ0v) is 29.8. The number of hydrogen-bond donors (Lipinski definition) is 2. The molecule has 2 N–H and O–H groups in total. The van der Waals surface area contributed by atoms with Gasteiger partial charge in [-0.15, -0.1) is 0 Å². The fourth-order valence-electron chi connectivity index (χ4n) is 7.86. The molecule has 1 aliphatic carbocycles. The minimum atomic E-state index is -0.271. The Morgan fingerprint density at radius 1 is 0.680 bits per heavy atom. The van der Waals surface area contributed by atoms with Crippen LogP contribution in [0.15, 0.2) is 109 Å². The summed E-state index contributed by atoms with van der Waals surface area (Å²) in [5, 5.41) is 9.35. The summed E-state index contributed by atoms with van der Waals surface area (Å²) in [6.07, 6.45) is 2.42. The summed E-state index contributed by atoms with van der Waals surface area (Å²) in [6, 6.07) is 34.0. The number of nitrogens with zero attached hydrogens (tertiary/aromatic N) is 2. The first-order valence-electron chi connectivity index (χ1n) is 16.9. The molecule has 252 valence electrons. The second-order valence-corrected chi connectivity index (χ2v) is 15.3. The van der Waals surface area contributed by atoms with Crippen LogP contribution in [0.1, 0.15) is 60.7 Å². The average molecular weight is 702 g/mol. The smallest absolute Gasteiger partial charge is 0.252 e. The first kappa shape index (κ1) is 33.7. The Morgan fingerprint density at radius 3 is 1.70 bits per heavy atom. The largest absolute Gasteiger partial charge is 0.351 e. The van der Waals surface area contributed by atoms with Crippen molar-refractivity contribution in [1.82, 2.24) is 20.6 Å². The minimum absolute atomic E-state index is 0.0701. The third-order valence-electron chi connectivity index (χ3n) is 9.68. The van der Waals surface area contributed by atoms with Gasteiger partial charge in [-0.2, -0.15) is 0 Å². The lowest BCUT2D eigenvalue weighted by Gasteiger charge is -2.47. The topological polar surface area (TPSA) is 84.0 Å². The molecule has 50 heavy (non-hydrogen) atoms. The molecule has 0 unspecified atom stereocenters. The van der Waals surface area contributed by atoms with Crippen molar-refractivity contribution < 1.29 is 9.59 Å². The predicted octanol–water partition coefficient (Wildman–Crippen LogP) is 10.2. The molecule has 0 saturated heterocycles. The van der Waals surface area contributed by atoms with Crippen molar-refractivity contribution in [2.75, 3.05) is 6.54 Å². The van der Waals surface area contributed by atoms with Crippen molar-refractivity contribution >= 4 is 56.8 Å². The van der Waals surface area contributed by atoms with Gasteiger partial charge in [0, 0.05) is 44.5 Å². The molecule has 0 spiro atoms. The average Bonchev–Trinajstić information content (AvgIpc) is 3.09. The molecule has 0 bridgehead atoms. The van der Waals surface area contributed by atoms with Crippen LogP contribution in [0.3, 0.4) is 0 Å². The Hall–Kier alpha value is -4.78. The van der Waals surface area contributed by atoms with Crippen LogP contribution < -0.4 is 10.6 Å². The Kier molecular flexibility index (Phi) is 9.10. The molecule has 0 radical (unpaired) electrons. The van der Waals surface area contributed by atoms with Crippen molar-refractivity contribution in [2.45, 2.75) is 46.1 Å². The lowest BCUT2D eigenvalue weighted by atomic mass is 9.62. The van der Waals surface area contributed by atoms with Gasteiger partial charge in [-0.3, -0.25) is 9.59 Å². The molecule has 2 atom stereocenters. The highest BCUT2D eigenvalue weighted by Crippen LogP contribution is 2.46. The zero-order chi connectivity index (χ0) is 35.0. The Morgan fingerprint density at radius 2 is 1.16 bits per heavy atom. The number of pyridine rings is 2. The SMILES string of the molecule is CC1(C)C[C@H](NC(=O)c2cc(-c3ccccc3Cl)nc3ccccc23)C[C@@](C)(CNC(=O)c2cc(-c3ccccc3Cl)nc3ccccc23)C1. The normalized spacial score (nSPS) is 18.5. The number of benzene rings is 4. The van der Waals surface area contributed by atoms with E-state index in [1.807, 2.05) is 109 Å². The van der Waals surface area contributed by atoms with Crippen molar-refractivity contribution in [3.05, 3.63) is 130 Å². The van der Waals surface area contributed by atoms with Gasteiger partial charge in [0.25, 0.3) is 11.8 Å². The molecule has 2 amide bonds. The molecule has 2 aromatic heterocycles. The van der Waals surface area contributed by atoms with E-state index in [4.69, 9.17) is 33.2 Å². The maximum atomic E-state index is 14.1. The van der Waals surface area contributed by atoms with Gasteiger partial charge >= 0.3 is 0 Å². The first-order valence-corrected chi connectivity index (χ1v) is 17.6. The third kappa shape index (κ3) is 6.96. The van der Waals surface area contributed by atoms with Crippen LogP contribution in [-0.2, 0) is 0 Å². The van der Waals surface area contributed by atoms with Crippen molar-refractivity contribution in [3.63, 3.8) is 0 Å². The number of carbonyl (C=O) groups is 2. The van der Waals surface area contributed by atoms with Crippen molar-refractivity contribution in [3.8, 4) is 22.5 Å². The van der Waals surface area contributed by atoms with E-state index in [2.05, 4.69) is 31.4 Å². The molecule has 6 aromatic rings. The highest BCUT2D eigenvalue weighted by molar-refractivity contribution is 6.33. The summed E-state index contributed by atoms with van der Waals surface area (Å²) < 4.78 is 0. The van der Waals surface area contributed by atoms with Gasteiger partial charge in [-0.25, -0.2) is 9.97 Å². The quantitative estimate of drug-likeness (QED) is 0.174. The number of amides is 2. The Bertz CT molecular complexity index is 2270. The lowest BCUT2D eigenvalue weighted by molar-refractivity contribution is 0.0593. The second kappa shape index (κ2) is 13.5. The van der Waals surface area contributed by atoms with Crippen LogP contribution in [0, 0.1) is 10.8 Å². The van der Waals surface area contributed by atoms with Crippen LogP contribution in [0.2, 0.25) is 10.0 Å². The standard InChI is InChI=1S/C42H38Cl2N4O2/c1-41(2)22-26(46-40(50)32-21-38(30-15-5-9-17-34(30)44)48-36-19-11-7-13-28(32)36)23-42(3,24-41)25-45-39(49)31-20-37(29-14-4-8-16-33(29)43)47-35-18-10-6-12-27(31)35/h4-21,26H,22-25H2,1-3H3,(H,45,49)(H,46,50)/t26-,42+/m0/s1. The summed E-state index contributed by atoms with van der Waals surface area (Å²) in [6.45, 7) is 7.11. The molecule has 2 heterocycles. The number of para-hydroxylation sites is 2. The molecule has 7 rings (SSSR count). The van der Waals surface area contributed by atoms with Gasteiger partial charge in [0.05, 0.1) is 33.5 Å². The van der Waals surface area contributed by atoms with E-state index in [-0.39, 0.29) is 28.7 Å². The van der Waals surface area contributed by atoms with E-state index in [0.29, 0.717) is 45.5 Å². The van der Waals surface area contributed by atoms with Crippen LogP contribution in [0.4, 0.5) is 0 Å². The molecule has 0 aliphatic heterocycles. The zero-order valence-electron chi connectivity index (χ0n) is 28.3. The van der Waals surface area contributed by atoms with E-state index in [1.165, 1.54) is 0 Å². The summed E-state index contributed by atoms with van der Waals surface area (Å²) >= 11 is 13.1. The second-order valence-electron chi connectivity index (χ2n) is 14.5. The van der Waals surface area contributed by atoms with Gasteiger partial charge in [0.15, 0.2) is 0 Å². The van der Waals surface area contributed by atoms with E-state index in [9.17, 15) is 9.59 Å². The maximum Gasteiger partial charge on any atom is 0.252 e. The van der Waals surface area contributed by atoms with Crippen molar-refractivity contribution in [2.24, 2.45) is 10.8 Å². The fourth-order valence-corrected chi connectivity index (χ4v) is 8.33. The molecule has 1 saturated carbocycles. The predicted molar refractivity (Wildman–Crippen MR) is 204 cm³/mol. The van der Waals surface area contributed by atoms with Gasteiger partial charge in [-0.1, -0.05) is 117 Å². The molecule has 1 fully saturated rings. The highest BCUT2D eigenvalue weighted by atomic mass is 35.5. The molecular formula is C42H38Cl2N4O2. The Labute approximate surface area is 302 Å². The van der Waals surface area contributed by atoms with Crippen LogP contribution >= 0.6 is 23.2 Å². The third-order valence-corrected chi connectivity index (χ3v) is 10.3. The first-order chi connectivity index (χ1) is 24.0. The van der Waals surface area contributed by atoms with Crippen molar-refractivity contribution in [1.29, 1.82) is 0 Å². The summed E-state index contributed by atoms with van der Waals surface area (Å²) in [5.41, 5.74) is 5.07. The number of halogens is 2. The van der Waals surface area contributed by atoms with Gasteiger partial charge in [0.2, 0.25) is 0 Å². The molecule has 6 nitrogen and oxygen atoms in total. The minimum Gasteiger partial charge on any atom is -0.351 e. The lowest BCUT2D eigenvalue weighted by Crippen LogP contribution is -2.50. The van der Waals surface area contributed by atoms with Crippen LogP contribution in [-0.4, -0.2) is 34.4 Å². The van der Waals surface area contributed by atoms with E-state index < -0.39 is 0 Å². The van der Waals surface area contributed by atoms with E-state index in [0.717, 1.165) is 45.8 Å². The number of carbonyl (C=O) groups excluding carboxylic acids is 2. The molecule has 4 aromatic carbocycles. The number of fused-ring (bicyclic) bond motifs is 2.